The van der Waals surface area contributed by atoms with Gasteiger partial charge in [0.2, 0.25) is 21.8 Å². The fourth-order valence-corrected chi connectivity index (χ4v) is 4.78. The molecule has 0 saturated carbocycles. The molecule has 0 radical (unpaired) electrons. The van der Waals surface area contributed by atoms with Gasteiger partial charge in [0, 0.05) is 22.6 Å². The van der Waals surface area contributed by atoms with Crippen LogP contribution in [0.1, 0.15) is 38.3 Å². The number of benzene rings is 2. The van der Waals surface area contributed by atoms with Crippen LogP contribution in [0.15, 0.2) is 36.4 Å². The molecule has 2 amide bonds. The number of aryl methyl sites for hydroxylation is 1. The van der Waals surface area contributed by atoms with E-state index in [1.807, 2.05) is 13.8 Å². The average Bonchev–Trinajstić information content (AvgIpc) is 2.80. The van der Waals surface area contributed by atoms with Crippen LogP contribution in [0.25, 0.3) is 0 Å². The summed E-state index contributed by atoms with van der Waals surface area (Å²) in [6, 6.07) is 8.90. The minimum atomic E-state index is -3.89. The van der Waals surface area contributed by atoms with E-state index in [0.717, 1.165) is 16.1 Å². The van der Waals surface area contributed by atoms with Gasteiger partial charge in [-0.3, -0.25) is 13.9 Å². The highest BCUT2D eigenvalue weighted by atomic mass is 35.5. The zero-order valence-corrected chi connectivity index (χ0v) is 23.7. The van der Waals surface area contributed by atoms with Gasteiger partial charge in [-0.15, -0.1) is 0 Å². The summed E-state index contributed by atoms with van der Waals surface area (Å²) >= 11 is 12.4. The predicted molar refractivity (Wildman–Crippen MR) is 144 cm³/mol. The largest absolute Gasteiger partial charge is 0.495 e. The number of ether oxygens (including phenoxy) is 1. The quantitative estimate of drug-likeness (QED) is 0.441. The number of carbonyl (C=O) groups excluding carboxylic acids is 2. The molecule has 0 heterocycles. The number of anilines is 1. The van der Waals surface area contributed by atoms with E-state index in [9.17, 15) is 18.0 Å². The van der Waals surface area contributed by atoms with Gasteiger partial charge in [0.25, 0.3) is 0 Å². The Bertz CT molecular complexity index is 1210. The minimum absolute atomic E-state index is 0.0213. The molecule has 0 aliphatic heterocycles. The number of halogens is 2. The summed E-state index contributed by atoms with van der Waals surface area (Å²) in [5.74, 6) is -0.641. The number of nitrogens with one attached hydrogen (secondary N) is 1. The van der Waals surface area contributed by atoms with E-state index in [1.165, 1.54) is 12.0 Å². The molecule has 0 unspecified atom stereocenters. The third-order valence-electron chi connectivity index (χ3n) is 5.81. The number of carbonyl (C=O) groups is 2. The number of rotatable bonds is 11. The van der Waals surface area contributed by atoms with Crippen LogP contribution in [0.2, 0.25) is 10.0 Å². The average molecular weight is 559 g/mol. The van der Waals surface area contributed by atoms with Crippen molar-refractivity contribution in [3.05, 3.63) is 57.6 Å². The lowest BCUT2D eigenvalue weighted by Crippen LogP contribution is -2.52. The van der Waals surface area contributed by atoms with Crippen molar-refractivity contribution in [3.8, 4) is 5.75 Å². The normalized spacial score (nSPS) is 13.0. The van der Waals surface area contributed by atoms with Crippen LogP contribution in [-0.4, -0.2) is 57.1 Å². The highest BCUT2D eigenvalue weighted by Crippen LogP contribution is 2.31. The van der Waals surface area contributed by atoms with Crippen LogP contribution in [0.3, 0.4) is 0 Å². The molecule has 2 rings (SSSR count). The summed E-state index contributed by atoms with van der Waals surface area (Å²) in [4.78, 5) is 28.0. The SMILES string of the molecule is CC[C@@H](C)NC(=O)[C@H](C)N(Cc1ccc(Cl)cc1Cl)C(=O)CN(c1cc(C)ccc1OC)S(C)(=O)=O. The number of methoxy groups -OCH3 is 1. The van der Waals surface area contributed by atoms with Gasteiger partial charge < -0.3 is 15.0 Å². The molecule has 11 heteroatoms. The third-order valence-corrected chi connectivity index (χ3v) is 7.52. The number of hydrogen-bond acceptors (Lipinski definition) is 5. The smallest absolute Gasteiger partial charge is 0.244 e. The fourth-order valence-electron chi connectivity index (χ4n) is 3.47. The Morgan fingerprint density at radius 1 is 1.11 bits per heavy atom. The summed E-state index contributed by atoms with van der Waals surface area (Å²) in [5, 5.41) is 3.63. The van der Waals surface area contributed by atoms with Crippen molar-refractivity contribution in [3.63, 3.8) is 0 Å². The summed E-state index contributed by atoms with van der Waals surface area (Å²) in [5.41, 5.74) is 1.59. The molecule has 0 aliphatic carbocycles. The Kier molecular flexibility index (Phi) is 10.5. The summed E-state index contributed by atoms with van der Waals surface area (Å²) in [7, 11) is -2.47. The van der Waals surface area contributed by atoms with Crippen molar-refractivity contribution in [1.29, 1.82) is 0 Å². The van der Waals surface area contributed by atoms with E-state index in [1.54, 1.807) is 50.2 Å². The molecule has 1 N–H and O–H groups in total. The van der Waals surface area contributed by atoms with Crippen molar-refractivity contribution < 1.29 is 22.7 Å². The van der Waals surface area contributed by atoms with Gasteiger partial charge in [0.05, 0.1) is 19.1 Å². The van der Waals surface area contributed by atoms with Crippen LogP contribution in [0.4, 0.5) is 5.69 Å². The third kappa shape index (κ3) is 7.75. The van der Waals surface area contributed by atoms with Crippen molar-refractivity contribution in [1.82, 2.24) is 10.2 Å². The van der Waals surface area contributed by atoms with Crippen molar-refractivity contribution in [2.45, 2.75) is 52.7 Å². The fraction of sp³-hybridized carbons (Fsp3) is 0.440. The Hall–Kier alpha value is -2.49. The first-order valence-electron chi connectivity index (χ1n) is 11.4. The van der Waals surface area contributed by atoms with Gasteiger partial charge >= 0.3 is 0 Å². The first-order chi connectivity index (χ1) is 16.8. The number of sulfonamides is 1. The van der Waals surface area contributed by atoms with Gasteiger partial charge in [0.15, 0.2) is 0 Å². The van der Waals surface area contributed by atoms with Gasteiger partial charge in [0.1, 0.15) is 18.3 Å². The molecule has 0 fully saturated rings. The second-order valence-electron chi connectivity index (χ2n) is 8.70. The van der Waals surface area contributed by atoms with E-state index in [4.69, 9.17) is 27.9 Å². The van der Waals surface area contributed by atoms with Crippen LogP contribution in [0, 0.1) is 6.92 Å². The molecule has 8 nitrogen and oxygen atoms in total. The van der Waals surface area contributed by atoms with Crippen LogP contribution >= 0.6 is 23.2 Å². The Balaban J connectivity index is 2.49. The molecule has 198 valence electrons. The van der Waals surface area contributed by atoms with Crippen molar-refractivity contribution in [2.24, 2.45) is 0 Å². The maximum Gasteiger partial charge on any atom is 0.244 e. The zero-order valence-electron chi connectivity index (χ0n) is 21.3. The predicted octanol–water partition coefficient (Wildman–Crippen LogP) is 4.41. The molecule has 2 atom stereocenters. The van der Waals surface area contributed by atoms with E-state index in [-0.39, 0.29) is 24.2 Å². The number of nitrogens with zero attached hydrogens (tertiary/aromatic N) is 2. The standard InChI is InChI=1S/C25H33Cl2N3O5S/c1-7-17(3)28-25(32)18(4)29(14-19-9-10-20(26)13-21(19)27)24(31)15-30(36(6,33)34)22-12-16(2)8-11-23(22)35-5/h8-13,17-18H,7,14-15H2,1-6H3,(H,28,32)/t17-,18+/m1/s1. The lowest BCUT2D eigenvalue weighted by Gasteiger charge is -2.32. The van der Waals surface area contributed by atoms with Crippen molar-refractivity contribution >= 4 is 50.7 Å². The Morgan fingerprint density at radius 3 is 2.33 bits per heavy atom. The number of amides is 2. The monoisotopic (exact) mass is 557 g/mol. The molecule has 36 heavy (non-hydrogen) atoms. The van der Waals surface area contributed by atoms with Crippen molar-refractivity contribution in [2.75, 3.05) is 24.2 Å². The Labute approximate surface area is 223 Å². The minimum Gasteiger partial charge on any atom is -0.495 e. The molecule has 0 spiro atoms. The number of hydrogen-bond donors (Lipinski definition) is 1. The molecule has 0 aromatic heterocycles. The second kappa shape index (κ2) is 12.7. The van der Waals surface area contributed by atoms with Gasteiger partial charge in [-0.1, -0.05) is 42.3 Å². The summed E-state index contributed by atoms with van der Waals surface area (Å²) in [6.07, 6.45) is 1.73. The maximum absolute atomic E-state index is 13.7. The lowest BCUT2D eigenvalue weighted by atomic mass is 10.1. The van der Waals surface area contributed by atoms with Crippen LogP contribution in [-0.2, 0) is 26.2 Å². The van der Waals surface area contributed by atoms with Gasteiger partial charge in [-0.25, -0.2) is 8.42 Å². The lowest BCUT2D eigenvalue weighted by molar-refractivity contribution is -0.139. The van der Waals surface area contributed by atoms with Gasteiger partial charge in [-0.2, -0.15) is 0 Å². The molecular weight excluding hydrogens is 525 g/mol. The molecular formula is C25H33Cl2N3O5S. The zero-order chi connectivity index (χ0) is 27.2. The van der Waals surface area contributed by atoms with E-state index in [2.05, 4.69) is 5.32 Å². The Morgan fingerprint density at radius 2 is 1.78 bits per heavy atom. The summed E-state index contributed by atoms with van der Waals surface area (Å²) < 4.78 is 31.9. The molecule has 0 bridgehead atoms. The molecule has 2 aromatic carbocycles. The first-order valence-corrected chi connectivity index (χ1v) is 14.0. The van der Waals surface area contributed by atoms with Crippen LogP contribution < -0.4 is 14.4 Å². The maximum atomic E-state index is 13.7. The molecule has 2 aromatic rings. The second-order valence-corrected chi connectivity index (χ2v) is 11.4. The van der Waals surface area contributed by atoms with E-state index < -0.39 is 28.5 Å². The van der Waals surface area contributed by atoms with Gasteiger partial charge in [-0.05, 0) is 62.6 Å². The first kappa shape index (κ1) is 29.7. The van der Waals surface area contributed by atoms with E-state index in [0.29, 0.717) is 27.8 Å². The highest BCUT2D eigenvalue weighted by molar-refractivity contribution is 7.92. The van der Waals surface area contributed by atoms with Crippen LogP contribution in [0.5, 0.6) is 5.75 Å². The highest BCUT2D eigenvalue weighted by Gasteiger charge is 2.31. The van der Waals surface area contributed by atoms with E-state index >= 15 is 0 Å². The molecule has 0 aliphatic rings. The topological polar surface area (TPSA) is 96.0 Å². The summed E-state index contributed by atoms with van der Waals surface area (Å²) in [6.45, 7) is 6.64. The molecule has 0 saturated heterocycles.